The Morgan fingerprint density at radius 2 is 1.76 bits per heavy atom. The molecule has 2 aliphatic rings. The molecule has 2 fully saturated rings. The Morgan fingerprint density at radius 3 is 2.47 bits per heavy atom. The molecule has 0 unspecified atom stereocenters. The number of nitrogens with one attached hydrogen (secondary N) is 1. The number of H-pyrrole nitrogens is 1. The second-order valence-corrected chi connectivity index (χ2v) is 11.0. The van der Waals surface area contributed by atoms with Crippen molar-refractivity contribution in [2.45, 2.75) is 77.4 Å². The molecule has 1 saturated heterocycles. The summed E-state index contributed by atoms with van der Waals surface area (Å²) >= 11 is 0. The van der Waals surface area contributed by atoms with Gasteiger partial charge in [-0.2, -0.15) is 0 Å². The number of nitrogens with zero attached hydrogens (tertiary/aromatic N) is 6. The van der Waals surface area contributed by atoms with Gasteiger partial charge in [-0.1, -0.05) is 30.9 Å². The summed E-state index contributed by atoms with van der Waals surface area (Å²) in [6.45, 7) is 12.2. The molecule has 1 saturated carbocycles. The highest BCUT2D eigenvalue weighted by atomic mass is 16.1. The molecule has 1 aliphatic heterocycles. The number of aromatic nitrogens is 5. The Morgan fingerprint density at radius 1 is 1.03 bits per heavy atom. The Labute approximate surface area is 201 Å². The molecule has 3 aromatic rings. The normalized spacial score (nSPS) is 20.1. The molecule has 34 heavy (non-hydrogen) atoms. The van der Waals surface area contributed by atoms with Gasteiger partial charge in [0.05, 0.1) is 5.54 Å². The maximum absolute atomic E-state index is 13.4. The standard InChI is InChI=1S/C26H37N7O/c1-18-10-11-22-19(16-18)17-21(25(34)27-22)23(24-28-29-30-33(24)26(2,3)4)32-14-12-31(13-15-32)20-8-6-5-7-9-20/h10-11,16-17,20,23H,5-9,12-15H2,1-4H3,(H,27,34)/t23-/m0/s1. The van der Waals surface area contributed by atoms with Crippen molar-refractivity contribution in [2.24, 2.45) is 0 Å². The van der Waals surface area contributed by atoms with Crippen LogP contribution in [0.1, 0.15) is 75.9 Å². The third-order valence-electron chi connectivity index (χ3n) is 7.50. The van der Waals surface area contributed by atoms with E-state index >= 15 is 0 Å². The highest BCUT2D eigenvalue weighted by Crippen LogP contribution is 2.31. The van der Waals surface area contributed by atoms with E-state index in [0.29, 0.717) is 11.6 Å². The first kappa shape index (κ1) is 23.2. The second-order valence-electron chi connectivity index (χ2n) is 11.0. The zero-order valence-corrected chi connectivity index (χ0v) is 20.9. The number of fused-ring (bicyclic) bond motifs is 1. The Hall–Kier alpha value is -2.58. The first-order chi connectivity index (χ1) is 16.3. The minimum absolute atomic E-state index is 0.0699. The van der Waals surface area contributed by atoms with Crippen molar-refractivity contribution in [3.63, 3.8) is 0 Å². The number of aryl methyl sites for hydroxylation is 1. The van der Waals surface area contributed by atoms with Crippen molar-refractivity contribution in [3.8, 4) is 0 Å². The summed E-state index contributed by atoms with van der Waals surface area (Å²) in [5.41, 5.74) is 2.38. The van der Waals surface area contributed by atoms with Gasteiger partial charge in [0.25, 0.3) is 5.56 Å². The Bertz CT molecular complexity index is 1190. The van der Waals surface area contributed by atoms with Crippen LogP contribution in [0.4, 0.5) is 0 Å². The minimum atomic E-state index is -0.295. The van der Waals surface area contributed by atoms with Crippen LogP contribution in [0.3, 0.4) is 0 Å². The fraction of sp³-hybridized carbons (Fsp3) is 0.615. The molecule has 0 radical (unpaired) electrons. The van der Waals surface area contributed by atoms with Crippen molar-refractivity contribution in [1.29, 1.82) is 0 Å². The summed E-state index contributed by atoms with van der Waals surface area (Å²) in [7, 11) is 0. The topological polar surface area (TPSA) is 82.9 Å². The number of piperazine rings is 1. The van der Waals surface area contributed by atoms with Crippen molar-refractivity contribution in [1.82, 2.24) is 35.0 Å². The Kier molecular flexibility index (Phi) is 6.29. The molecular weight excluding hydrogens is 426 g/mol. The molecule has 1 aliphatic carbocycles. The van der Waals surface area contributed by atoms with Crippen LogP contribution in [0.5, 0.6) is 0 Å². The number of benzene rings is 1. The van der Waals surface area contributed by atoms with Crippen LogP contribution in [0, 0.1) is 6.92 Å². The lowest BCUT2D eigenvalue weighted by molar-refractivity contribution is 0.0606. The van der Waals surface area contributed by atoms with E-state index in [4.69, 9.17) is 0 Å². The monoisotopic (exact) mass is 463 g/mol. The number of hydrogen-bond acceptors (Lipinski definition) is 6. The van der Waals surface area contributed by atoms with Crippen LogP contribution >= 0.6 is 0 Å². The summed E-state index contributed by atoms with van der Waals surface area (Å²) in [6.07, 6.45) is 6.70. The van der Waals surface area contributed by atoms with E-state index in [1.807, 2.05) is 22.9 Å². The summed E-state index contributed by atoms with van der Waals surface area (Å²) in [5.74, 6) is 0.733. The number of pyridine rings is 1. The van der Waals surface area contributed by atoms with Gasteiger partial charge in [-0.05, 0) is 74.5 Å². The first-order valence-electron chi connectivity index (χ1n) is 12.7. The molecule has 0 bridgehead atoms. The van der Waals surface area contributed by atoms with Gasteiger partial charge >= 0.3 is 0 Å². The van der Waals surface area contributed by atoms with E-state index in [1.54, 1.807) is 0 Å². The SMILES string of the molecule is Cc1ccc2[nH]c(=O)c([C@@H](c3nnnn3C(C)(C)C)N3CCN(C4CCCCC4)CC3)cc2c1. The fourth-order valence-corrected chi connectivity index (χ4v) is 5.69. The van der Waals surface area contributed by atoms with Gasteiger partial charge in [0.2, 0.25) is 0 Å². The molecule has 182 valence electrons. The van der Waals surface area contributed by atoms with Crippen LogP contribution in [0.15, 0.2) is 29.1 Å². The Balaban J connectivity index is 1.53. The van der Waals surface area contributed by atoms with Crippen LogP contribution in [-0.4, -0.2) is 67.2 Å². The van der Waals surface area contributed by atoms with Crippen LogP contribution in [0.25, 0.3) is 10.9 Å². The van der Waals surface area contributed by atoms with Crippen LogP contribution in [-0.2, 0) is 5.54 Å². The molecule has 0 amide bonds. The van der Waals surface area contributed by atoms with E-state index in [9.17, 15) is 4.79 Å². The van der Waals surface area contributed by atoms with Crippen molar-refractivity contribution >= 4 is 10.9 Å². The molecule has 1 aromatic carbocycles. The van der Waals surface area contributed by atoms with Crippen molar-refractivity contribution in [3.05, 3.63) is 51.6 Å². The van der Waals surface area contributed by atoms with Gasteiger partial charge in [-0.25, -0.2) is 4.68 Å². The summed E-state index contributed by atoms with van der Waals surface area (Å²) < 4.78 is 1.88. The minimum Gasteiger partial charge on any atom is -0.322 e. The van der Waals surface area contributed by atoms with Gasteiger partial charge in [-0.15, -0.1) is 5.10 Å². The smallest absolute Gasteiger partial charge is 0.253 e. The molecule has 8 nitrogen and oxygen atoms in total. The predicted molar refractivity (Wildman–Crippen MR) is 134 cm³/mol. The summed E-state index contributed by atoms with van der Waals surface area (Å²) in [6, 6.07) is 8.59. The highest BCUT2D eigenvalue weighted by molar-refractivity contribution is 5.79. The van der Waals surface area contributed by atoms with Gasteiger partial charge in [0.1, 0.15) is 6.04 Å². The molecular formula is C26H37N7O. The maximum Gasteiger partial charge on any atom is 0.253 e. The first-order valence-corrected chi connectivity index (χ1v) is 12.7. The van der Waals surface area contributed by atoms with Crippen LogP contribution in [0.2, 0.25) is 0 Å². The average molecular weight is 464 g/mol. The lowest BCUT2D eigenvalue weighted by Crippen LogP contribution is -2.52. The molecule has 1 atom stereocenters. The fourth-order valence-electron chi connectivity index (χ4n) is 5.69. The molecule has 1 N–H and O–H groups in total. The lowest BCUT2D eigenvalue weighted by atomic mass is 9.93. The molecule has 5 rings (SSSR count). The second kappa shape index (κ2) is 9.23. The molecule has 2 aromatic heterocycles. The molecule has 3 heterocycles. The van der Waals surface area contributed by atoms with Gasteiger partial charge in [0.15, 0.2) is 5.82 Å². The highest BCUT2D eigenvalue weighted by Gasteiger charge is 2.36. The quantitative estimate of drug-likeness (QED) is 0.636. The van der Waals surface area contributed by atoms with Crippen LogP contribution < -0.4 is 5.56 Å². The van der Waals surface area contributed by atoms with E-state index < -0.39 is 0 Å². The van der Waals surface area contributed by atoms with Crippen molar-refractivity contribution in [2.75, 3.05) is 26.2 Å². The number of tetrazole rings is 1. The summed E-state index contributed by atoms with van der Waals surface area (Å²) in [5, 5.41) is 13.9. The van der Waals surface area contributed by atoms with Crippen molar-refractivity contribution < 1.29 is 0 Å². The van der Waals surface area contributed by atoms with Gasteiger partial charge in [-0.3, -0.25) is 14.6 Å². The number of rotatable bonds is 4. The summed E-state index contributed by atoms with van der Waals surface area (Å²) in [4.78, 5) is 21.6. The van der Waals surface area contributed by atoms with E-state index in [0.717, 1.165) is 42.9 Å². The van der Waals surface area contributed by atoms with Gasteiger partial charge < -0.3 is 4.98 Å². The largest absolute Gasteiger partial charge is 0.322 e. The van der Waals surface area contributed by atoms with E-state index in [-0.39, 0.29) is 17.1 Å². The molecule has 8 heteroatoms. The zero-order chi connectivity index (χ0) is 23.9. The predicted octanol–water partition coefficient (Wildman–Crippen LogP) is 3.62. The molecule has 0 spiro atoms. The third kappa shape index (κ3) is 4.53. The van der Waals surface area contributed by atoms with E-state index in [1.165, 1.54) is 37.7 Å². The lowest BCUT2D eigenvalue weighted by Gasteiger charge is -2.43. The zero-order valence-electron chi connectivity index (χ0n) is 20.9. The number of aromatic amines is 1. The van der Waals surface area contributed by atoms with Gasteiger partial charge in [0, 0.05) is 43.3 Å². The maximum atomic E-state index is 13.4. The average Bonchev–Trinajstić information content (AvgIpc) is 3.31. The third-order valence-corrected chi connectivity index (χ3v) is 7.50. The number of hydrogen-bond donors (Lipinski definition) is 1. The van der Waals surface area contributed by atoms with E-state index in [2.05, 4.69) is 64.1 Å².